The van der Waals surface area contributed by atoms with Crippen LogP contribution in [0.2, 0.25) is 0 Å². The van der Waals surface area contributed by atoms with Gasteiger partial charge in [0.05, 0.1) is 0 Å². The van der Waals surface area contributed by atoms with E-state index in [2.05, 4.69) is 69.2 Å². The van der Waals surface area contributed by atoms with E-state index in [0.717, 1.165) is 0 Å². The van der Waals surface area contributed by atoms with Crippen LogP contribution in [0.1, 0.15) is 69.2 Å². The Labute approximate surface area is 149 Å². The van der Waals surface area contributed by atoms with Crippen LogP contribution >= 0.6 is 0 Å². The third kappa shape index (κ3) is 2.46. The van der Waals surface area contributed by atoms with Gasteiger partial charge in [-0.1, -0.05) is 0 Å². The van der Waals surface area contributed by atoms with E-state index >= 15 is 0 Å². The van der Waals surface area contributed by atoms with Crippen molar-refractivity contribution in [3.8, 4) is 0 Å². The fourth-order valence-electron chi connectivity index (χ4n) is 4.23. The predicted molar refractivity (Wildman–Crippen MR) is 95.5 cm³/mol. The van der Waals surface area contributed by atoms with Crippen molar-refractivity contribution in [2.45, 2.75) is 69.2 Å². The van der Waals surface area contributed by atoms with E-state index in [-0.39, 0.29) is 0 Å². The van der Waals surface area contributed by atoms with Gasteiger partial charge in [0, 0.05) is 0 Å². The van der Waals surface area contributed by atoms with Crippen LogP contribution in [-0.4, -0.2) is 33.8 Å². The van der Waals surface area contributed by atoms with E-state index in [1.54, 1.807) is 33.4 Å². The quantitative estimate of drug-likeness (QED) is 0.549. The molecule has 2 aliphatic rings. The van der Waals surface area contributed by atoms with Crippen LogP contribution in [0, 0.1) is 10.8 Å². The molecule has 2 rings (SSSR count). The molecule has 0 heterocycles. The first kappa shape index (κ1) is 17.6. The molecular weight excluding hydrogens is 280 g/mol. The summed E-state index contributed by atoms with van der Waals surface area (Å²) in [5, 5.41) is 0. The summed E-state index contributed by atoms with van der Waals surface area (Å²) in [7, 11) is 0. The topological polar surface area (TPSA) is 0 Å². The minimum atomic E-state index is -0.921. The number of allylic oxidation sites excluding steroid dienone is 8. The SMILES string of the molecule is CC1=C(C)C(C)(C)[C]([Ca][C]2=C(C)C(C)=C(C)C2(C)C)=C1C. The molecule has 0 amide bonds. The van der Waals surface area contributed by atoms with Crippen molar-refractivity contribution in [2.24, 2.45) is 10.8 Å². The van der Waals surface area contributed by atoms with Crippen LogP contribution in [-0.2, 0) is 0 Å². The third-order valence-electron chi connectivity index (χ3n) is 6.89. The third-order valence-corrected chi connectivity index (χ3v) is 12.4. The average Bonchev–Trinajstić information content (AvgIpc) is 2.63. The van der Waals surface area contributed by atoms with Crippen LogP contribution in [0.15, 0.2) is 36.8 Å². The summed E-state index contributed by atoms with van der Waals surface area (Å²) in [6, 6.07) is 0. The fraction of sp³-hybridized carbons (Fsp3) is 0.600. The zero-order valence-corrected chi connectivity index (χ0v) is 17.9. The zero-order chi connectivity index (χ0) is 16.3. The normalized spacial score (nSPS) is 24.5. The Morgan fingerprint density at radius 1 is 0.524 bits per heavy atom. The molecule has 112 valence electrons. The summed E-state index contributed by atoms with van der Waals surface area (Å²) in [6.07, 6.45) is 0. The van der Waals surface area contributed by atoms with E-state index in [9.17, 15) is 0 Å². The average molecular weight is 311 g/mol. The molecule has 0 nitrogen and oxygen atoms in total. The van der Waals surface area contributed by atoms with Gasteiger partial charge in [-0.15, -0.1) is 0 Å². The van der Waals surface area contributed by atoms with E-state index in [4.69, 9.17) is 0 Å². The van der Waals surface area contributed by atoms with Crippen LogP contribution < -0.4 is 0 Å². The Morgan fingerprint density at radius 2 is 0.810 bits per heavy atom. The second kappa shape index (κ2) is 5.39. The van der Waals surface area contributed by atoms with Gasteiger partial charge in [-0.05, 0) is 0 Å². The van der Waals surface area contributed by atoms with Crippen molar-refractivity contribution in [3.05, 3.63) is 36.8 Å². The van der Waals surface area contributed by atoms with Crippen molar-refractivity contribution < 1.29 is 0 Å². The van der Waals surface area contributed by atoms with Gasteiger partial charge in [0.15, 0.2) is 0 Å². The Morgan fingerprint density at radius 3 is 1.00 bits per heavy atom. The molecule has 0 aromatic rings. The summed E-state index contributed by atoms with van der Waals surface area (Å²) in [5.74, 6) is 0. The molecule has 21 heavy (non-hydrogen) atoms. The van der Waals surface area contributed by atoms with Crippen molar-refractivity contribution in [2.75, 3.05) is 0 Å². The van der Waals surface area contributed by atoms with E-state index in [1.807, 2.05) is 3.34 Å². The standard InChI is InChI=1S/2C10H15.Ca/c2*1-7-6-10(4,5)9(3)8(7)2;/h2*1-5H3;. The van der Waals surface area contributed by atoms with Gasteiger partial charge in [-0.25, -0.2) is 0 Å². The molecular formula is C20H30Ca. The molecule has 0 saturated heterocycles. The Bertz CT molecular complexity index is 575. The Hall–Kier alpha value is 0.220. The molecule has 0 N–H and O–H groups in total. The van der Waals surface area contributed by atoms with E-state index < -0.39 is 33.8 Å². The van der Waals surface area contributed by atoms with Gasteiger partial charge in [0.1, 0.15) is 0 Å². The van der Waals surface area contributed by atoms with Crippen molar-refractivity contribution in [3.63, 3.8) is 0 Å². The first-order valence-corrected chi connectivity index (χ1v) is 10.4. The molecule has 0 aliphatic heterocycles. The Kier molecular flexibility index (Phi) is 4.51. The van der Waals surface area contributed by atoms with Gasteiger partial charge in [0.2, 0.25) is 0 Å². The van der Waals surface area contributed by atoms with Crippen LogP contribution in [0.5, 0.6) is 0 Å². The predicted octanol–water partition coefficient (Wildman–Crippen LogP) is 5.99. The first-order valence-electron chi connectivity index (χ1n) is 8.21. The second-order valence-corrected chi connectivity index (χ2v) is 10.9. The maximum atomic E-state index is 2.44. The molecule has 0 fully saturated rings. The molecule has 0 atom stereocenters. The summed E-state index contributed by atoms with van der Waals surface area (Å²) < 4.78 is 3.63. The van der Waals surface area contributed by atoms with E-state index in [0.29, 0.717) is 10.8 Å². The molecule has 0 aromatic carbocycles. The minimum absolute atomic E-state index is 0.294. The fourth-order valence-corrected chi connectivity index (χ4v) is 8.64. The first-order chi connectivity index (χ1) is 9.44. The molecule has 0 saturated carbocycles. The molecule has 0 bridgehead atoms. The van der Waals surface area contributed by atoms with E-state index in [1.165, 1.54) is 0 Å². The molecule has 0 spiro atoms. The number of hydrogen-bond donors (Lipinski definition) is 0. The van der Waals surface area contributed by atoms with Gasteiger partial charge < -0.3 is 0 Å². The molecule has 1 heteroatoms. The van der Waals surface area contributed by atoms with Crippen molar-refractivity contribution in [1.82, 2.24) is 0 Å². The zero-order valence-electron chi connectivity index (χ0n) is 15.7. The molecule has 0 unspecified atom stereocenters. The van der Waals surface area contributed by atoms with Crippen LogP contribution in [0.4, 0.5) is 0 Å². The van der Waals surface area contributed by atoms with Gasteiger partial charge in [-0.3, -0.25) is 0 Å². The summed E-state index contributed by atoms with van der Waals surface area (Å²) >= 11 is -0.921. The molecule has 2 aliphatic carbocycles. The number of rotatable bonds is 2. The summed E-state index contributed by atoms with van der Waals surface area (Å²) in [4.78, 5) is 0. The number of hydrogen-bond acceptors (Lipinski definition) is 0. The maximum absolute atomic E-state index is 2.44. The van der Waals surface area contributed by atoms with Crippen LogP contribution in [0.3, 0.4) is 0 Å². The Balaban J connectivity index is 2.47. The molecule has 0 radical (unpaired) electrons. The molecule has 0 aromatic heterocycles. The second-order valence-electron chi connectivity index (χ2n) is 8.13. The summed E-state index contributed by atoms with van der Waals surface area (Å²) in [5.41, 5.74) is 10.1. The summed E-state index contributed by atoms with van der Waals surface area (Å²) in [6.45, 7) is 23.8. The van der Waals surface area contributed by atoms with Crippen molar-refractivity contribution >= 4 is 33.8 Å². The van der Waals surface area contributed by atoms with Crippen molar-refractivity contribution in [1.29, 1.82) is 0 Å². The van der Waals surface area contributed by atoms with Gasteiger partial charge in [-0.2, -0.15) is 0 Å². The van der Waals surface area contributed by atoms with Crippen LogP contribution in [0.25, 0.3) is 0 Å². The monoisotopic (exact) mass is 310 g/mol. The van der Waals surface area contributed by atoms with Gasteiger partial charge >= 0.3 is 151 Å². The van der Waals surface area contributed by atoms with Gasteiger partial charge in [0.25, 0.3) is 0 Å².